The zero-order valence-electron chi connectivity index (χ0n) is 13.4. The highest BCUT2D eigenvalue weighted by Gasteiger charge is 2.27. The van der Waals surface area contributed by atoms with Crippen LogP contribution in [0.4, 0.5) is 11.6 Å². The van der Waals surface area contributed by atoms with E-state index in [1.807, 2.05) is 20.9 Å². The number of aromatic nitrogens is 2. The number of nitrogens with one attached hydrogen (secondary N) is 1. The fourth-order valence-corrected chi connectivity index (χ4v) is 2.76. The largest absolute Gasteiger partial charge is 0.394 e. The zero-order chi connectivity index (χ0) is 15.4. The molecule has 2 unspecified atom stereocenters. The van der Waals surface area contributed by atoms with Gasteiger partial charge < -0.3 is 20.1 Å². The van der Waals surface area contributed by atoms with Crippen LogP contribution in [-0.4, -0.2) is 54.0 Å². The number of aliphatic hydroxyl groups excluding tert-OH is 1. The fraction of sp³-hybridized carbons (Fsp3) is 0.733. The third-order valence-electron chi connectivity index (χ3n) is 3.71. The Balaban J connectivity index is 2.34. The molecule has 0 aromatic carbocycles. The number of nitrogens with zero attached hydrogens (tertiary/aromatic N) is 3. The number of aliphatic hydroxyl groups is 1. The molecule has 21 heavy (non-hydrogen) atoms. The molecule has 0 bridgehead atoms. The van der Waals surface area contributed by atoms with Crippen LogP contribution in [0.1, 0.15) is 31.7 Å². The van der Waals surface area contributed by atoms with Crippen molar-refractivity contribution in [3.63, 3.8) is 0 Å². The molecule has 2 N–H and O–H groups in total. The average Bonchev–Trinajstić information content (AvgIpc) is 2.48. The van der Waals surface area contributed by atoms with E-state index in [2.05, 4.69) is 22.1 Å². The van der Waals surface area contributed by atoms with Crippen molar-refractivity contribution in [1.82, 2.24) is 9.97 Å². The Morgan fingerprint density at radius 2 is 2.14 bits per heavy atom. The Morgan fingerprint density at radius 3 is 2.76 bits per heavy atom. The van der Waals surface area contributed by atoms with Crippen LogP contribution in [0.15, 0.2) is 0 Å². The molecule has 6 nitrogen and oxygen atoms in total. The van der Waals surface area contributed by atoms with Gasteiger partial charge in [0.1, 0.15) is 17.5 Å². The van der Waals surface area contributed by atoms with Gasteiger partial charge in [-0.05, 0) is 20.3 Å². The Labute approximate surface area is 126 Å². The molecule has 0 radical (unpaired) electrons. The Morgan fingerprint density at radius 1 is 1.38 bits per heavy atom. The molecule has 2 atom stereocenters. The molecule has 2 rings (SSSR count). The highest BCUT2D eigenvalue weighted by molar-refractivity contribution is 5.58. The van der Waals surface area contributed by atoms with Gasteiger partial charge in [-0.2, -0.15) is 0 Å². The van der Waals surface area contributed by atoms with E-state index >= 15 is 0 Å². The van der Waals surface area contributed by atoms with Crippen molar-refractivity contribution in [2.45, 2.75) is 45.8 Å². The standard InChI is InChI=1S/C15H26N4O2/c1-5-6-13-17-14(16-4)11(3)15(18-13)19-7-10(2)21-12(8-19)9-20/h10,12,20H,5-9H2,1-4H3,(H,16,17,18). The van der Waals surface area contributed by atoms with E-state index in [9.17, 15) is 5.11 Å². The highest BCUT2D eigenvalue weighted by atomic mass is 16.5. The first kappa shape index (κ1) is 16.0. The van der Waals surface area contributed by atoms with E-state index in [4.69, 9.17) is 9.72 Å². The van der Waals surface area contributed by atoms with Crippen molar-refractivity contribution < 1.29 is 9.84 Å². The smallest absolute Gasteiger partial charge is 0.137 e. The first-order valence-electron chi connectivity index (χ1n) is 7.65. The molecule has 1 aromatic rings. The van der Waals surface area contributed by atoms with Crippen molar-refractivity contribution in [3.8, 4) is 0 Å². The predicted molar refractivity (Wildman–Crippen MR) is 83.9 cm³/mol. The molecular formula is C15H26N4O2. The normalized spacial score (nSPS) is 22.4. The number of hydrogen-bond acceptors (Lipinski definition) is 6. The number of morpholine rings is 1. The van der Waals surface area contributed by atoms with E-state index in [0.717, 1.165) is 42.4 Å². The monoisotopic (exact) mass is 294 g/mol. The van der Waals surface area contributed by atoms with Gasteiger partial charge in [0, 0.05) is 32.1 Å². The Kier molecular flexibility index (Phi) is 5.36. The second-order valence-corrected chi connectivity index (χ2v) is 5.59. The summed E-state index contributed by atoms with van der Waals surface area (Å²) in [5.74, 6) is 2.69. The third-order valence-corrected chi connectivity index (χ3v) is 3.71. The van der Waals surface area contributed by atoms with Crippen LogP contribution in [0.5, 0.6) is 0 Å². The van der Waals surface area contributed by atoms with Gasteiger partial charge in [0.15, 0.2) is 0 Å². The predicted octanol–water partition coefficient (Wildman–Crippen LogP) is 1.37. The summed E-state index contributed by atoms with van der Waals surface area (Å²) < 4.78 is 5.71. The van der Waals surface area contributed by atoms with Gasteiger partial charge in [0.2, 0.25) is 0 Å². The van der Waals surface area contributed by atoms with E-state index in [1.165, 1.54) is 0 Å². The highest BCUT2D eigenvalue weighted by Crippen LogP contribution is 2.26. The number of rotatable bonds is 5. The molecule has 1 saturated heterocycles. The quantitative estimate of drug-likeness (QED) is 0.854. The molecule has 6 heteroatoms. The van der Waals surface area contributed by atoms with Crippen molar-refractivity contribution in [1.29, 1.82) is 0 Å². The second-order valence-electron chi connectivity index (χ2n) is 5.59. The second kappa shape index (κ2) is 7.04. The minimum Gasteiger partial charge on any atom is -0.394 e. The maximum atomic E-state index is 9.39. The summed E-state index contributed by atoms with van der Waals surface area (Å²) in [5.41, 5.74) is 1.04. The van der Waals surface area contributed by atoms with Gasteiger partial charge in [-0.15, -0.1) is 0 Å². The van der Waals surface area contributed by atoms with Gasteiger partial charge in [-0.1, -0.05) is 6.92 Å². The van der Waals surface area contributed by atoms with E-state index < -0.39 is 0 Å². The van der Waals surface area contributed by atoms with Gasteiger partial charge in [-0.25, -0.2) is 9.97 Å². The minimum absolute atomic E-state index is 0.0334. The summed E-state index contributed by atoms with van der Waals surface area (Å²) in [7, 11) is 1.88. The van der Waals surface area contributed by atoms with Crippen LogP contribution in [0.3, 0.4) is 0 Å². The number of anilines is 2. The molecule has 0 saturated carbocycles. The number of hydrogen-bond donors (Lipinski definition) is 2. The molecule has 118 valence electrons. The molecule has 1 aliphatic heterocycles. The van der Waals surface area contributed by atoms with Crippen LogP contribution in [0.2, 0.25) is 0 Å². The molecule has 1 fully saturated rings. The van der Waals surface area contributed by atoms with Crippen LogP contribution in [0, 0.1) is 6.92 Å². The lowest BCUT2D eigenvalue weighted by Gasteiger charge is -2.37. The first-order chi connectivity index (χ1) is 10.1. The minimum atomic E-state index is -0.157. The van der Waals surface area contributed by atoms with Crippen molar-refractivity contribution in [2.75, 3.05) is 37.0 Å². The van der Waals surface area contributed by atoms with Crippen LogP contribution < -0.4 is 10.2 Å². The molecule has 1 aliphatic rings. The lowest BCUT2D eigenvalue weighted by molar-refractivity contribution is -0.0423. The summed E-state index contributed by atoms with van der Waals surface area (Å²) in [5, 5.41) is 12.5. The summed E-state index contributed by atoms with van der Waals surface area (Å²) in [6.07, 6.45) is 1.81. The molecule has 0 spiro atoms. The van der Waals surface area contributed by atoms with Gasteiger partial charge in [0.25, 0.3) is 0 Å². The zero-order valence-corrected chi connectivity index (χ0v) is 13.4. The molecule has 1 aromatic heterocycles. The molecule has 0 aliphatic carbocycles. The summed E-state index contributed by atoms with van der Waals surface area (Å²) >= 11 is 0. The Hall–Kier alpha value is -1.40. The van der Waals surface area contributed by atoms with Crippen molar-refractivity contribution in [3.05, 3.63) is 11.4 Å². The summed E-state index contributed by atoms with van der Waals surface area (Å²) in [4.78, 5) is 11.5. The first-order valence-corrected chi connectivity index (χ1v) is 7.65. The Bertz CT molecular complexity index is 481. The third kappa shape index (κ3) is 3.63. The van der Waals surface area contributed by atoms with Crippen LogP contribution in [0.25, 0.3) is 0 Å². The van der Waals surface area contributed by atoms with Gasteiger partial charge >= 0.3 is 0 Å². The topological polar surface area (TPSA) is 70.5 Å². The van der Waals surface area contributed by atoms with Gasteiger partial charge in [0.05, 0.1) is 18.8 Å². The summed E-state index contributed by atoms with van der Waals surface area (Å²) in [6.45, 7) is 7.66. The van der Waals surface area contributed by atoms with Crippen molar-refractivity contribution in [2.24, 2.45) is 0 Å². The molecule has 0 amide bonds. The van der Waals surface area contributed by atoms with E-state index in [0.29, 0.717) is 6.54 Å². The van der Waals surface area contributed by atoms with Crippen LogP contribution >= 0.6 is 0 Å². The van der Waals surface area contributed by atoms with Crippen LogP contribution in [-0.2, 0) is 11.2 Å². The average molecular weight is 294 g/mol. The maximum absolute atomic E-state index is 9.39. The number of aryl methyl sites for hydroxylation is 1. The van der Waals surface area contributed by atoms with Crippen molar-refractivity contribution >= 4 is 11.6 Å². The maximum Gasteiger partial charge on any atom is 0.137 e. The lowest BCUT2D eigenvalue weighted by Crippen LogP contribution is -2.48. The van der Waals surface area contributed by atoms with Gasteiger partial charge in [-0.3, -0.25) is 0 Å². The lowest BCUT2D eigenvalue weighted by atomic mass is 10.2. The summed E-state index contributed by atoms with van der Waals surface area (Å²) in [6, 6.07) is 0. The SMILES string of the molecule is CCCc1nc(NC)c(C)c(N2CC(C)OC(CO)C2)n1. The molecule has 2 heterocycles. The number of ether oxygens (including phenoxy) is 1. The molecular weight excluding hydrogens is 268 g/mol. The fourth-order valence-electron chi connectivity index (χ4n) is 2.76. The van der Waals surface area contributed by atoms with E-state index in [1.54, 1.807) is 0 Å². The van der Waals surface area contributed by atoms with E-state index in [-0.39, 0.29) is 18.8 Å².